The predicted molar refractivity (Wildman–Crippen MR) is 97.8 cm³/mol. The van der Waals surface area contributed by atoms with Crippen LogP contribution in [0, 0.1) is 13.8 Å². The maximum Gasteiger partial charge on any atom is 0.251 e. The van der Waals surface area contributed by atoms with Gasteiger partial charge in [-0.2, -0.15) is 0 Å². The third-order valence-corrected chi connectivity index (χ3v) is 5.06. The first-order valence-corrected chi connectivity index (χ1v) is 8.87. The van der Waals surface area contributed by atoms with E-state index in [1.54, 1.807) is 0 Å². The molecule has 0 saturated carbocycles. The first-order valence-electron chi connectivity index (χ1n) is 8.87. The number of benzene rings is 1. The third-order valence-electron chi connectivity index (χ3n) is 5.06. The van der Waals surface area contributed by atoms with Crippen LogP contribution >= 0.6 is 0 Å². The Morgan fingerprint density at radius 3 is 2.42 bits per heavy atom. The molecule has 1 aromatic heterocycles. The predicted octanol–water partition coefficient (Wildman–Crippen LogP) is 3.31. The average molecular weight is 325 g/mol. The Kier molecular flexibility index (Phi) is 5.05. The topological polar surface area (TPSA) is 37.3 Å². The van der Waals surface area contributed by atoms with E-state index in [1.165, 1.54) is 24.2 Å². The summed E-state index contributed by atoms with van der Waals surface area (Å²) in [5.41, 5.74) is 4.22. The monoisotopic (exact) mass is 325 g/mol. The molecule has 2 aromatic rings. The van der Waals surface area contributed by atoms with Gasteiger partial charge in [-0.25, -0.2) is 0 Å². The molecule has 4 nitrogen and oxygen atoms in total. The highest BCUT2D eigenvalue weighted by atomic mass is 16.1. The molecule has 4 heteroatoms. The number of rotatable bonds is 5. The third kappa shape index (κ3) is 3.39. The molecule has 0 aliphatic carbocycles. The number of likely N-dealkylation sites (tertiary alicyclic amines) is 1. The lowest BCUT2D eigenvalue weighted by atomic mass is 10.1. The maximum atomic E-state index is 12.4. The van der Waals surface area contributed by atoms with Crippen molar-refractivity contribution in [1.29, 1.82) is 0 Å². The van der Waals surface area contributed by atoms with Crippen LogP contribution < -0.4 is 5.32 Å². The fraction of sp³-hybridized carbons (Fsp3) is 0.450. The number of carbonyl (C=O) groups excluding carboxylic acids is 1. The van der Waals surface area contributed by atoms with E-state index in [9.17, 15) is 4.79 Å². The molecule has 1 saturated heterocycles. The largest absolute Gasteiger partial charge is 0.350 e. The second-order valence-electron chi connectivity index (χ2n) is 6.63. The molecule has 1 amide bonds. The van der Waals surface area contributed by atoms with Crippen molar-refractivity contribution in [2.45, 2.75) is 39.7 Å². The first kappa shape index (κ1) is 16.8. The van der Waals surface area contributed by atoms with Gasteiger partial charge in [0.25, 0.3) is 5.91 Å². The lowest BCUT2D eigenvalue weighted by Crippen LogP contribution is -2.40. The number of aromatic nitrogens is 1. The Bertz CT molecular complexity index is 683. The molecule has 1 N–H and O–H groups in total. The van der Waals surface area contributed by atoms with E-state index in [2.05, 4.69) is 47.7 Å². The van der Waals surface area contributed by atoms with Crippen molar-refractivity contribution < 1.29 is 4.79 Å². The zero-order valence-corrected chi connectivity index (χ0v) is 14.9. The molecule has 3 rings (SSSR count). The van der Waals surface area contributed by atoms with Crippen molar-refractivity contribution in [3.05, 3.63) is 53.3 Å². The van der Waals surface area contributed by atoms with Crippen molar-refractivity contribution in [3.8, 4) is 5.69 Å². The molecule has 0 spiro atoms. The van der Waals surface area contributed by atoms with Crippen LogP contribution in [0.5, 0.6) is 0 Å². The molecular formula is C20H27N3O. The molecule has 0 unspecified atom stereocenters. The fourth-order valence-electron chi connectivity index (χ4n) is 3.69. The number of nitrogens with one attached hydrogen (secondary N) is 1. The number of hydrogen-bond donors (Lipinski definition) is 1. The Balaban J connectivity index is 1.64. The van der Waals surface area contributed by atoms with Gasteiger partial charge in [0, 0.05) is 35.2 Å². The number of aryl methyl sites for hydroxylation is 2. The summed E-state index contributed by atoms with van der Waals surface area (Å²) < 4.78 is 2.19. The maximum absolute atomic E-state index is 12.4. The van der Waals surface area contributed by atoms with Gasteiger partial charge in [-0.3, -0.25) is 9.69 Å². The second-order valence-corrected chi connectivity index (χ2v) is 6.63. The molecule has 1 aliphatic rings. The summed E-state index contributed by atoms with van der Waals surface area (Å²) in [5.74, 6) is 0.0189. The normalized spacial score (nSPS) is 18.0. The highest BCUT2D eigenvalue weighted by Gasteiger charge is 2.23. The number of likely N-dealkylation sites (N-methyl/N-ethyl adjacent to an activating group) is 1. The molecule has 1 atom stereocenters. The lowest BCUT2D eigenvalue weighted by molar-refractivity contribution is 0.0941. The van der Waals surface area contributed by atoms with Crippen LogP contribution in [0.4, 0.5) is 0 Å². The van der Waals surface area contributed by atoms with Gasteiger partial charge in [0.15, 0.2) is 0 Å². The minimum atomic E-state index is 0.0189. The van der Waals surface area contributed by atoms with Gasteiger partial charge in [0.05, 0.1) is 0 Å². The second kappa shape index (κ2) is 7.22. The Hall–Kier alpha value is -2.07. The number of hydrogen-bond acceptors (Lipinski definition) is 2. The molecule has 24 heavy (non-hydrogen) atoms. The van der Waals surface area contributed by atoms with Gasteiger partial charge >= 0.3 is 0 Å². The van der Waals surface area contributed by atoms with Gasteiger partial charge in [-0.1, -0.05) is 6.92 Å². The summed E-state index contributed by atoms with van der Waals surface area (Å²) >= 11 is 0. The van der Waals surface area contributed by atoms with E-state index < -0.39 is 0 Å². The van der Waals surface area contributed by atoms with Gasteiger partial charge in [-0.15, -0.1) is 0 Å². The molecular weight excluding hydrogens is 298 g/mol. The highest BCUT2D eigenvalue weighted by molar-refractivity contribution is 5.94. The summed E-state index contributed by atoms with van der Waals surface area (Å²) in [7, 11) is 0. The average Bonchev–Trinajstić information content (AvgIpc) is 3.19. The molecule has 1 fully saturated rings. The van der Waals surface area contributed by atoms with E-state index in [0.29, 0.717) is 6.04 Å². The quantitative estimate of drug-likeness (QED) is 0.916. The fourth-order valence-corrected chi connectivity index (χ4v) is 3.69. The van der Waals surface area contributed by atoms with Crippen molar-refractivity contribution in [2.75, 3.05) is 19.6 Å². The Labute approximate surface area is 144 Å². The van der Waals surface area contributed by atoms with Gasteiger partial charge < -0.3 is 9.88 Å². The van der Waals surface area contributed by atoms with E-state index in [4.69, 9.17) is 0 Å². The van der Waals surface area contributed by atoms with E-state index in [0.717, 1.165) is 30.9 Å². The zero-order chi connectivity index (χ0) is 17.1. The number of carbonyl (C=O) groups is 1. The SMILES string of the molecule is CCN1CCC[C@H]1CNC(=O)c1ccc(-n2c(C)ccc2C)cc1. The van der Waals surface area contributed by atoms with Crippen molar-refractivity contribution in [2.24, 2.45) is 0 Å². The minimum absolute atomic E-state index is 0.0189. The highest BCUT2D eigenvalue weighted by Crippen LogP contribution is 2.18. The molecule has 1 aromatic carbocycles. The molecule has 0 bridgehead atoms. The number of nitrogens with zero attached hydrogens (tertiary/aromatic N) is 2. The zero-order valence-electron chi connectivity index (χ0n) is 14.9. The summed E-state index contributed by atoms with van der Waals surface area (Å²) in [6.45, 7) is 9.32. The van der Waals surface area contributed by atoms with Crippen LogP contribution in [0.2, 0.25) is 0 Å². The van der Waals surface area contributed by atoms with Crippen LogP contribution in [0.25, 0.3) is 5.69 Å². The van der Waals surface area contributed by atoms with E-state index in [-0.39, 0.29) is 5.91 Å². The first-order chi connectivity index (χ1) is 11.6. The summed E-state index contributed by atoms with van der Waals surface area (Å²) in [5, 5.41) is 3.09. The van der Waals surface area contributed by atoms with Gasteiger partial charge in [0.2, 0.25) is 0 Å². The van der Waals surface area contributed by atoms with E-state index in [1.807, 2.05) is 24.3 Å². The van der Waals surface area contributed by atoms with Crippen LogP contribution in [-0.4, -0.2) is 41.1 Å². The minimum Gasteiger partial charge on any atom is -0.350 e. The standard InChI is InChI=1S/C20H27N3O/c1-4-22-13-5-6-19(22)14-21-20(24)17-9-11-18(12-10-17)23-15(2)7-8-16(23)3/h7-12,19H,4-6,13-14H2,1-3H3,(H,21,24)/t19-/m0/s1. The molecule has 2 heterocycles. The van der Waals surface area contributed by atoms with Gasteiger partial charge in [0.1, 0.15) is 0 Å². The number of amides is 1. The van der Waals surface area contributed by atoms with Crippen molar-refractivity contribution in [3.63, 3.8) is 0 Å². The van der Waals surface area contributed by atoms with E-state index >= 15 is 0 Å². The Morgan fingerprint density at radius 2 is 1.79 bits per heavy atom. The van der Waals surface area contributed by atoms with Crippen molar-refractivity contribution >= 4 is 5.91 Å². The lowest BCUT2D eigenvalue weighted by Gasteiger charge is -2.22. The van der Waals surface area contributed by atoms with Crippen LogP contribution in [0.3, 0.4) is 0 Å². The molecule has 0 radical (unpaired) electrons. The van der Waals surface area contributed by atoms with Gasteiger partial charge in [-0.05, 0) is 76.2 Å². The summed E-state index contributed by atoms with van der Waals surface area (Å²) in [6.07, 6.45) is 2.41. The Morgan fingerprint density at radius 1 is 1.12 bits per heavy atom. The van der Waals surface area contributed by atoms with Crippen molar-refractivity contribution in [1.82, 2.24) is 14.8 Å². The van der Waals surface area contributed by atoms with Crippen LogP contribution in [0.15, 0.2) is 36.4 Å². The molecule has 1 aliphatic heterocycles. The molecule has 128 valence electrons. The van der Waals surface area contributed by atoms with Crippen LogP contribution in [-0.2, 0) is 0 Å². The smallest absolute Gasteiger partial charge is 0.251 e. The summed E-state index contributed by atoms with van der Waals surface area (Å²) in [6, 6.07) is 12.6. The van der Waals surface area contributed by atoms with Crippen LogP contribution in [0.1, 0.15) is 41.5 Å². The summed E-state index contributed by atoms with van der Waals surface area (Å²) in [4.78, 5) is 14.8.